The van der Waals surface area contributed by atoms with E-state index < -0.39 is 5.97 Å². The fourth-order valence-electron chi connectivity index (χ4n) is 1.62. The van der Waals surface area contributed by atoms with Gasteiger partial charge in [-0.3, -0.25) is 0 Å². The van der Waals surface area contributed by atoms with Crippen LogP contribution in [0.15, 0.2) is 17.3 Å². The van der Waals surface area contributed by atoms with Crippen molar-refractivity contribution in [3.05, 3.63) is 34.4 Å². The van der Waals surface area contributed by atoms with Crippen molar-refractivity contribution in [2.24, 2.45) is 10.9 Å². The van der Waals surface area contributed by atoms with Crippen LogP contribution in [-0.4, -0.2) is 24.1 Å². The number of benzene rings is 1. The lowest BCUT2D eigenvalue weighted by atomic mass is 9.97. The molecular weight excluding hydrogens is 208 g/mol. The van der Waals surface area contributed by atoms with Crippen molar-refractivity contribution in [1.29, 1.82) is 0 Å². The van der Waals surface area contributed by atoms with Gasteiger partial charge in [-0.25, -0.2) is 4.79 Å². The van der Waals surface area contributed by atoms with Gasteiger partial charge in [0.25, 0.3) is 0 Å². The molecule has 3 N–H and O–H groups in total. The summed E-state index contributed by atoms with van der Waals surface area (Å²) in [4.78, 5) is 11.4. The average Bonchev–Trinajstić information content (AvgIpc) is 2.28. The third-order valence-corrected chi connectivity index (χ3v) is 2.44. The lowest BCUT2D eigenvalue weighted by Gasteiger charge is -2.11. The zero-order chi connectivity index (χ0) is 12.3. The van der Waals surface area contributed by atoms with Gasteiger partial charge in [0.2, 0.25) is 0 Å². The SMILES string of the molecule is COC(=O)c1ccc(C)c(C(N)=NO)c1C. The number of carbonyl (C=O) groups is 1. The summed E-state index contributed by atoms with van der Waals surface area (Å²) in [6.07, 6.45) is 0. The second-order valence-corrected chi connectivity index (χ2v) is 3.41. The maximum absolute atomic E-state index is 11.4. The highest BCUT2D eigenvalue weighted by Crippen LogP contribution is 2.18. The predicted octanol–water partition coefficient (Wildman–Crippen LogP) is 1.18. The van der Waals surface area contributed by atoms with Crippen LogP contribution in [0.25, 0.3) is 0 Å². The molecule has 0 spiro atoms. The summed E-state index contributed by atoms with van der Waals surface area (Å²) in [5.74, 6) is -0.453. The molecule has 0 aliphatic carbocycles. The number of methoxy groups -OCH3 is 1. The van der Waals surface area contributed by atoms with Crippen molar-refractivity contribution in [1.82, 2.24) is 0 Å². The topological polar surface area (TPSA) is 84.9 Å². The van der Waals surface area contributed by atoms with Gasteiger partial charge >= 0.3 is 5.97 Å². The number of nitrogens with two attached hydrogens (primary N) is 1. The van der Waals surface area contributed by atoms with Gasteiger partial charge in [-0.2, -0.15) is 0 Å². The van der Waals surface area contributed by atoms with Gasteiger partial charge in [0, 0.05) is 5.56 Å². The molecule has 0 amide bonds. The lowest BCUT2D eigenvalue weighted by molar-refractivity contribution is 0.0600. The molecule has 0 fully saturated rings. The standard InChI is InChI=1S/C11H14N2O3/c1-6-4-5-8(11(14)16-3)7(2)9(6)10(12)13-15/h4-5,15H,1-3H3,(H2,12,13). The Kier molecular flexibility index (Phi) is 3.50. The van der Waals surface area contributed by atoms with Crippen LogP contribution in [0.5, 0.6) is 0 Å². The highest BCUT2D eigenvalue weighted by atomic mass is 16.5. The van der Waals surface area contributed by atoms with E-state index in [-0.39, 0.29) is 5.84 Å². The van der Waals surface area contributed by atoms with E-state index in [9.17, 15) is 4.79 Å². The Morgan fingerprint density at radius 2 is 2.06 bits per heavy atom. The molecule has 1 aromatic carbocycles. The van der Waals surface area contributed by atoms with E-state index in [1.807, 2.05) is 6.92 Å². The Morgan fingerprint density at radius 1 is 1.44 bits per heavy atom. The van der Waals surface area contributed by atoms with Crippen molar-refractivity contribution >= 4 is 11.8 Å². The van der Waals surface area contributed by atoms with Gasteiger partial charge < -0.3 is 15.7 Å². The Bertz CT molecular complexity index is 453. The van der Waals surface area contributed by atoms with Crippen LogP contribution in [0, 0.1) is 13.8 Å². The molecule has 16 heavy (non-hydrogen) atoms. The molecule has 5 nitrogen and oxygen atoms in total. The van der Waals surface area contributed by atoms with Crippen molar-refractivity contribution in [2.45, 2.75) is 13.8 Å². The molecule has 0 atom stereocenters. The zero-order valence-corrected chi connectivity index (χ0v) is 9.44. The van der Waals surface area contributed by atoms with Crippen LogP contribution in [0.2, 0.25) is 0 Å². The van der Waals surface area contributed by atoms with Gasteiger partial charge in [0.1, 0.15) is 0 Å². The summed E-state index contributed by atoms with van der Waals surface area (Å²) < 4.78 is 4.64. The number of aryl methyl sites for hydroxylation is 1. The Morgan fingerprint density at radius 3 is 2.56 bits per heavy atom. The van der Waals surface area contributed by atoms with E-state index in [2.05, 4.69) is 9.89 Å². The summed E-state index contributed by atoms with van der Waals surface area (Å²) in [5.41, 5.74) is 8.00. The fraction of sp³-hybridized carbons (Fsp3) is 0.273. The minimum Gasteiger partial charge on any atom is -0.465 e. The lowest BCUT2D eigenvalue weighted by Crippen LogP contribution is -2.18. The molecule has 0 saturated carbocycles. The van der Waals surface area contributed by atoms with Crippen LogP contribution >= 0.6 is 0 Å². The van der Waals surface area contributed by atoms with Crippen molar-refractivity contribution in [3.63, 3.8) is 0 Å². The highest BCUT2D eigenvalue weighted by Gasteiger charge is 2.16. The number of carbonyl (C=O) groups excluding carboxylic acids is 1. The molecular formula is C11H14N2O3. The number of hydrogen-bond acceptors (Lipinski definition) is 4. The number of rotatable bonds is 2. The fourth-order valence-corrected chi connectivity index (χ4v) is 1.62. The van der Waals surface area contributed by atoms with Crippen LogP contribution in [0.4, 0.5) is 0 Å². The van der Waals surface area contributed by atoms with Gasteiger partial charge in [-0.1, -0.05) is 11.2 Å². The number of nitrogens with zero attached hydrogens (tertiary/aromatic N) is 1. The van der Waals surface area contributed by atoms with Crippen LogP contribution in [-0.2, 0) is 4.74 Å². The number of oxime groups is 1. The first kappa shape index (κ1) is 12.0. The maximum Gasteiger partial charge on any atom is 0.338 e. The molecule has 0 aliphatic heterocycles. The van der Waals surface area contributed by atoms with Crippen LogP contribution < -0.4 is 5.73 Å². The average molecular weight is 222 g/mol. The van der Waals surface area contributed by atoms with E-state index in [4.69, 9.17) is 10.9 Å². The summed E-state index contributed by atoms with van der Waals surface area (Å²) in [6.45, 7) is 3.55. The molecule has 1 rings (SSSR count). The molecule has 0 heterocycles. The maximum atomic E-state index is 11.4. The summed E-state index contributed by atoms with van der Waals surface area (Å²) in [6, 6.07) is 3.39. The molecule has 0 unspecified atom stereocenters. The minimum absolute atomic E-state index is 0.0132. The molecule has 5 heteroatoms. The van der Waals surface area contributed by atoms with E-state index >= 15 is 0 Å². The first-order valence-electron chi connectivity index (χ1n) is 4.69. The van der Waals surface area contributed by atoms with E-state index in [0.29, 0.717) is 16.7 Å². The van der Waals surface area contributed by atoms with Crippen LogP contribution in [0.3, 0.4) is 0 Å². The number of amidine groups is 1. The monoisotopic (exact) mass is 222 g/mol. The predicted molar refractivity (Wildman–Crippen MR) is 59.8 cm³/mol. The van der Waals surface area contributed by atoms with Crippen molar-refractivity contribution in [3.8, 4) is 0 Å². The molecule has 86 valence electrons. The number of hydrogen-bond donors (Lipinski definition) is 2. The number of ether oxygens (including phenoxy) is 1. The number of esters is 1. The zero-order valence-electron chi connectivity index (χ0n) is 9.44. The van der Waals surface area contributed by atoms with Crippen molar-refractivity contribution in [2.75, 3.05) is 7.11 Å². The molecule has 0 aliphatic rings. The molecule has 0 aromatic heterocycles. The highest BCUT2D eigenvalue weighted by molar-refractivity contribution is 6.03. The minimum atomic E-state index is -0.440. The Balaban J connectivity index is 3.44. The van der Waals surface area contributed by atoms with Gasteiger partial charge in [0.05, 0.1) is 12.7 Å². The summed E-state index contributed by atoms with van der Waals surface area (Å²) >= 11 is 0. The van der Waals surface area contributed by atoms with Crippen LogP contribution in [0.1, 0.15) is 27.0 Å². The largest absolute Gasteiger partial charge is 0.465 e. The van der Waals surface area contributed by atoms with E-state index in [1.165, 1.54) is 7.11 Å². The van der Waals surface area contributed by atoms with Gasteiger partial charge in [-0.15, -0.1) is 0 Å². The molecule has 1 aromatic rings. The van der Waals surface area contributed by atoms with Gasteiger partial charge in [-0.05, 0) is 31.0 Å². The first-order valence-corrected chi connectivity index (χ1v) is 4.69. The quantitative estimate of drug-likeness (QED) is 0.259. The normalized spacial score (nSPS) is 11.3. The Labute approximate surface area is 93.5 Å². The smallest absolute Gasteiger partial charge is 0.338 e. The molecule has 0 bridgehead atoms. The van der Waals surface area contributed by atoms with Crippen molar-refractivity contribution < 1.29 is 14.7 Å². The summed E-state index contributed by atoms with van der Waals surface area (Å²) in [7, 11) is 1.31. The second-order valence-electron chi connectivity index (χ2n) is 3.41. The molecule has 0 radical (unpaired) electrons. The summed E-state index contributed by atoms with van der Waals surface area (Å²) in [5, 5.41) is 11.6. The second kappa shape index (κ2) is 4.65. The van der Waals surface area contributed by atoms with E-state index in [1.54, 1.807) is 19.1 Å². The third-order valence-electron chi connectivity index (χ3n) is 2.44. The Hall–Kier alpha value is -2.04. The molecule has 0 saturated heterocycles. The van der Waals surface area contributed by atoms with E-state index in [0.717, 1.165) is 5.56 Å². The van der Waals surface area contributed by atoms with Gasteiger partial charge in [0.15, 0.2) is 5.84 Å². The first-order chi connectivity index (χ1) is 7.52. The third kappa shape index (κ3) is 1.98.